The molecule has 1 aliphatic heterocycles. The van der Waals surface area contributed by atoms with Crippen molar-refractivity contribution in [3.05, 3.63) is 0 Å². The van der Waals surface area contributed by atoms with Gasteiger partial charge in [-0.15, -0.1) is 6.42 Å². The summed E-state index contributed by atoms with van der Waals surface area (Å²) in [5, 5.41) is 2.77. The van der Waals surface area contributed by atoms with Crippen LogP contribution in [0.4, 0.5) is 0 Å². The van der Waals surface area contributed by atoms with E-state index in [1.807, 2.05) is 6.92 Å². The Morgan fingerprint density at radius 2 is 2.06 bits per heavy atom. The molecule has 94 valence electrons. The summed E-state index contributed by atoms with van der Waals surface area (Å²) in [6, 6.07) is -0.534. The molecule has 0 aromatic carbocycles. The zero-order valence-corrected chi connectivity index (χ0v) is 11.1. The van der Waals surface area contributed by atoms with Crippen LogP contribution in [-0.2, 0) is 9.59 Å². The molecule has 0 aromatic rings. The minimum Gasteiger partial charge on any atom is -0.340 e. The third-order valence-electron chi connectivity index (χ3n) is 3.52. The quantitative estimate of drug-likeness (QED) is 0.725. The standard InChI is InChI=1S/C13H20N2O2/c1-7-12(4,5)15-9(3)10(16)14-13(6,8-2)11(15)17/h1,9H,8H2,2-6H3,(H,14,16). The molecule has 0 spiro atoms. The lowest BCUT2D eigenvalue weighted by molar-refractivity contribution is -0.158. The van der Waals surface area contributed by atoms with Crippen LogP contribution < -0.4 is 5.32 Å². The molecule has 0 radical (unpaired) electrons. The Bertz CT molecular complexity index is 395. The van der Waals surface area contributed by atoms with Crippen molar-refractivity contribution in [3.8, 4) is 12.3 Å². The number of piperazine rings is 1. The van der Waals surface area contributed by atoms with E-state index in [0.29, 0.717) is 6.42 Å². The molecule has 17 heavy (non-hydrogen) atoms. The zero-order chi connectivity index (χ0) is 13.4. The number of carbonyl (C=O) groups excluding carboxylic acids is 2. The van der Waals surface area contributed by atoms with Gasteiger partial charge in [-0.25, -0.2) is 0 Å². The first-order valence-electron chi connectivity index (χ1n) is 5.83. The highest BCUT2D eigenvalue weighted by Crippen LogP contribution is 2.27. The van der Waals surface area contributed by atoms with Gasteiger partial charge in [0.05, 0.1) is 5.54 Å². The van der Waals surface area contributed by atoms with Gasteiger partial charge in [-0.3, -0.25) is 9.59 Å². The normalized spacial score (nSPS) is 29.9. The van der Waals surface area contributed by atoms with E-state index in [2.05, 4.69) is 11.2 Å². The minimum absolute atomic E-state index is 0.116. The maximum atomic E-state index is 12.5. The Hall–Kier alpha value is -1.50. The topological polar surface area (TPSA) is 49.4 Å². The molecule has 0 aromatic heterocycles. The van der Waals surface area contributed by atoms with E-state index in [0.717, 1.165) is 0 Å². The lowest BCUT2D eigenvalue weighted by Gasteiger charge is -2.48. The Morgan fingerprint density at radius 3 is 2.47 bits per heavy atom. The fraction of sp³-hybridized carbons (Fsp3) is 0.692. The van der Waals surface area contributed by atoms with Gasteiger partial charge in [0.1, 0.15) is 11.6 Å². The molecule has 2 amide bonds. The van der Waals surface area contributed by atoms with Crippen molar-refractivity contribution in [2.24, 2.45) is 0 Å². The van der Waals surface area contributed by atoms with Gasteiger partial charge in [-0.05, 0) is 34.1 Å². The van der Waals surface area contributed by atoms with E-state index >= 15 is 0 Å². The number of terminal acetylenes is 1. The van der Waals surface area contributed by atoms with Crippen LogP contribution >= 0.6 is 0 Å². The summed E-state index contributed by atoms with van der Waals surface area (Å²) in [5.74, 6) is 2.31. The molecule has 1 aliphatic rings. The predicted molar refractivity (Wildman–Crippen MR) is 66.1 cm³/mol. The first-order chi connectivity index (χ1) is 7.69. The third-order valence-corrected chi connectivity index (χ3v) is 3.52. The van der Waals surface area contributed by atoms with Crippen LogP contribution in [0.15, 0.2) is 0 Å². The van der Waals surface area contributed by atoms with Gasteiger partial charge in [0.25, 0.3) is 0 Å². The van der Waals surface area contributed by atoms with Gasteiger partial charge < -0.3 is 10.2 Å². The van der Waals surface area contributed by atoms with Crippen molar-refractivity contribution in [3.63, 3.8) is 0 Å². The summed E-state index contributed by atoms with van der Waals surface area (Å²) in [6.07, 6.45) is 6.00. The van der Waals surface area contributed by atoms with Crippen LogP contribution in [0.3, 0.4) is 0 Å². The Labute approximate surface area is 103 Å². The summed E-state index contributed by atoms with van der Waals surface area (Å²) in [5.41, 5.74) is -1.61. The molecule has 0 aliphatic carbocycles. The summed E-state index contributed by atoms with van der Waals surface area (Å²) >= 11 is 0. The third kappa shape index (κ3) is 2.02. The molecule has 2 unspecified atom stereocenters. The first-order valence-corrected chi connectivity index (χ1v) is 5.83. The summed E-state index contributed by atoms with van der Waals surface area (Å²) in [6.45, 7) is 8.85. The van der Waals surface area contributed by atoms with E-state index in [1.54, 1.807) is 27.7 Å². The molecule has 0 bridgehead atoms. The molecule has 4 heteroatoms. The molecule has 2 atom stereocenters. The molecule has 1 N–H and O–H groups in total. The number of rotatable bonds is 2. The van der Waals surface area contributed by atoms with Crippen molar-refractivity contribution in [2.45, 2.75) is 58.2 Å². The monoisotopic (exact) mass is 236 g/mol. The van der Waals surface area contributed by atoms with Gasteiger partial charge in [-0.2, -0.15) is 0 Å². The number of nitrogens with zero attached hydrogens (tertiary/aromatic N) is 1. The summed E-state index contributed by atoms with van der Waals surface area (Å²) < 4.78 is 0. The molecule has 1 rings (SSSR count). The number of hydrogen-bond donors (Lipinski definition) is 1. The van der Waals surface area contributed by atoms with Crippen molar-refractivity contribution < 1.29 is 9.59 Å². The smallest absolute Gasteiger partial charge is 0.249 e. The van der Waals surface area contributed by atoms with E-state index < -0.39 is 17.1 Å². The minimum atomic E-state index is -0.849. The van der Waals surface area contributed by atoms with Crippen molar-refractivity contribution in [1.29, 1.82) is 0 Å². The van der Waals surface area contributed by atoms with Crippen LogP contribution in [0.2, 0.25) is 0 Å². The van der Waals surface area contributed by atoms with Gasteiger partial charge >= 0.3 is 0 Å². The van der Waals surface area contributed by atoms with Crippen molar-refractivity contribution in [2.75, 3.05) is 0 Å². The lowest BCUT2D eigenvalue weighted by Crippen LogP contribution is -2.72. The maximum absolute atomic E-state index is 12.5. The van der Waals surface area contributed by atoms with E-state index in [1.165, 1.54) is 4.90 Å². The molecule has 1 heterocycles. The van der Waals surface area contributed by atoms with Crippen molar-refractivity contribution >= 4 is 11.8 Å². The van der Waals surface area contributed by atoms with Crippen molar-refractivity contribution in [1.82, 2.24) is 10.2 Å². The molecule has 1 saturated heterocycles. The van der Waals surface area contributed by atoms with Gasteiger partial charge in [0, 0.05) is 0 Å². The Kier molecular flexibility index (Phi) is 3.24. The van der Waals surface area contributed by atoms with Crippen LogP contribution in [0.25, 0.3) is 0 Å². The van der Waals surface area contributed by atoms with Gasteiger partial charge in [0.2, 0.25) is 11.8 Å². The fourth-order valence-electron chi connectivity index (χ4n) is 2.04. The molecule has 1 fully saturated rings. The second kappa shape index (κ2) is 4.06. The number of hydrogen-bond acceptors (Lipinski definition) is 2. The lowest BCUT2D eigenvalue weighted by atomic mass is 9.88. The molecule has 0 saturated carbocycles. The summed E-state index contributed by atoms with van der Waals surface area (Å²) in [7, 11) is 0. The van der Waals surface area contributed by atoms with Gasteiger partial charge in [0.15, 0.2) is 0 Å². The van der Waals surface area contributed by atoms with E-state index in [9.17, 15) is 9.59 Å². The highest BCUT2D eigenvalue weighted by atomic mass is 16.2. The largest absolute Gasteiger partial charge is 0.340 e. The Morgan fingerprint density at radius 1 is 1.53 bits per heavy atom. The van der Waals surface area contributed by atoms with E-state index in [-0.39, 0.29) is 11.8 Å². The average Bonchev–Trinajstić information content (AvgIpc) is 2.26. The number of amides is 2. The van der Waals surface area contributed by atoms with Crippen LogP contribution in [0, 0.1) is 12.3 Å². The number of carbonyl (C=O) groups is 2. The average molecular weight is 236 g/mol. The van der Waals surface area contributed by atoms with Crippen LogP contribution in [-0.4, -0.2) is 33.8 Å². The summed E-state index contributed by atoms with van der Waals surface area (Å²) in [4.78, 5) is 25.9. The highest BCUT2D eigenvalue weighted by Gasteiger charge is 2.49. The number of nitrogens with one attached hydrogen (secondary N) is 1. The Balaban J connectivity index is 3.23. The molecule has 4 nitrogen and oxygen atoms in total. The second-order valence-electron chi connectivity index (χ2n) is 5.23. The highest BCUT2D eigenvalue weighted by molar-refractivity contribution is 6.00. The maximum Gasteiger partial charge on any atom is 0.249 e. The van der Waals surface area contributed by atoms with Gasteiger partial charge in [-0.1, -0.05) is 12.8 Å². The fourth-order valence-corrected chi connectivity index (χ4v) is 2.04. The first kappa shape index (κ1) is 13.6. The SMILES string of the molecule is C#CC(C)(C)N1C(=O)C(C)(CC)NC(=O)C1C. The second-order valence-corrected chi connectivity index (χ2v) is 5.23. The predicted octanol–water partition coefficient (Wildman–Crippen LogP) is 0.914. The van der Waals surface area contributed by atoms with E-state index in [4.69, 9.17) is 6.42 Å². The zero-order valence-electron chi connectivity index (χ0n) is 11.1. The van der Waals surface area contributed by atoms with Crippen LogP contribution in [0.5, 0.6) is 0 Å². The molecular weight excluding hydrogens is 216 g/mol. The molecular formula is C13H20N2O2. The van der Waals surface area contributed by atoms with Crippen LogP contribution in [0.1, 0.15) is 41.0 Å².